The van der Waals surface area contributed by atoms with Gasteiger partial charge in [-0.05, 0) is 36.6 Å². The van der Waals surface area contributed by atoms with Gasteiger partial charge >= 0.3 is 0 Å². The molecule has 2 heteroatoms. The molecule has 1 aromatic carbocycles. The monoisotopic (exact) mass is 234 g/mol. The predicted octanol–water partition coefficient (Wildman–Crippen LogP) is 4.11. The van der Waals surface area contributed by atoms with Crippen LogP contribution in [0.3, 0.4) is 0 Å². The van der Waals surface area contributed by atoms with E-state index in [1.807, 2.05) is 6.07 Å². The van der Waals surface area contributed by atoms with Crippen molar-refractivity contribution in [2.75, 3.05) is 0 Å². The van der Waals surface area contributed by atoms with E-state index in [0.29, 0.717) is 5.56 Å². The largest absolute Gasteiger partial charge is 0.508 e. The minimum atomic E-state index is 0.190. The lowest BCUT2D eigenvalue weighted by Gasteiger charge is -2.04. The lowest BCUT2D eigenvalue weighted by molar-refractivity contribution is 0.112. The van der Waals surface area contributed by atoms with Crippen LogP contribution in [0.2, 0.25) is 0 Å². The summed E-state index contributed by atoms with van der Waals surface area (Å²) in [6, 6.07) is 5.11. The molecule has 1 aromatic rings. The fraction of sp³-hybridized carbons (Fsp3) is 0.533. The zero-order valence-electron chi connectivity index (χ0n) is 10.6. The minimum absolute atomic E-state index is 0.190. The highest BCUT2D eigenvalue weighted by Crippen LogP contribution is 2.17. The van der Waals surface area contributed by atoms with Crippen LogP contribution in [0.4, 0.5) is 0 Å². The van der Waals surface area contributed by atoms with Crippen LogP contribution in [0, 0.1) is 0 Å². The molecule has 94 valence electrons. The number of rotatable bonds is 8. The molecule has 0 spiro atoms. The van der Waals surface area contributed by atoms with Crippen LogP contribution in [0.15, 0.2) is 18.2 Å². The van der Waals surface area contributed by atoms with Crippen LogP contribution in [0.25, 0.3) is 0 Å². The summed E-state index contributed by atoms with van der Waals surface area (Å²) in [6.45, 7) is 2.22. The van der Waals surface area contributed by atoms with E-state index in [2.05, 4.69) is 6.92 Å². The van der Waals surface area contributed by atoms with Gasteiger partial charge in [-0.15, -0.1) is 0 Å². The van der Waals surface area contributed by atoms with Gasteiger partial charge in [0.05, 0.1) is 0 Å². The number of unbranched alkanes of at least 4 members (excludes halogenated alkanes) is 5. The molecule has 1 rings (SSSR count). The Morgan fingerprint density at radius 3 is 2.47 bits per heavy atom. The number of aromatic hydroxyl groups is 1. The normalized spacial score (nSPS) is 10.4. The van der Waals surface area contributed by atoms with E-state index < -0.39 is 0 Å². The third-order valence-corrected chi connectivity index (χ3v) is 2.95. The first kappa shape index (κ1) is 13.8. The lowest BCUT2D eigenvalue weighted by atomic mass is 10.0. The summed E-state index contributed by atoms with van der Waals surface area (Å²) in [6.07, 6.45) is 9.28. The molecule has 0 fully saturated rings. The number of carbonyl (C=O) groups excluding carboxylic acids is 1. The van der Waals surface area contributed by atoms with E-state index in [-0.39, 0.29) is 5.75 Å². The van der Waals surface area contributed by atoms with Crippen LogP contribution < -0.4 is 0 Å². The topological polar surface area (TPSA) is 37.3 Å². The molecule has 0 aromatic heterocycles. The van der Waals surface area contributed by atoms with Gasteiger partial charge in [0.15, 0.2) is 0 Å². The molecule has 0 aliphatic heterocycles. The number of hydrogen-bond donors (Lipinski definition) is 1. The Hall–Kier alpha value is -1.31. The molecule has 0 heterocycles. The van der Waals surface area contributed by atoms with E-state index >= 15 is 0 Å². The van der Waals surface area contributed by atoms with Gasteiger partial charge in [-0.3, -0.25) is 4.79 Å². The molecular weight excluding hydrogens is 212 g/mol. The maximum absolute atomic E-state index is 10.6. The highest BCUT2D eigenvalue weighted by Gasteiger charge is 2.00. The van der Waals surface area contributed by atoms with Gasteiger partial charge in [-0.2, -0.15) is 0 Å². The fourth-order valence-corrected chi connectivity index (χ4v) is 2.02. The quantitative estimate of drug-likeness (QED) is 0.543. The highest BCUT2D eigenvalue weighted by atomic mass is 16.3. The van der Waals surface area contributed by atoms with Gasteiger partial charge in [-0.25, -0.2) is 0 Å². The zero-order chi connectivity index (χ0) is 12.5. The summed E-state index contributed by atoms with van der Waals surface area (Å²) >= 11 is 0. The van der Waals surface area contributed by atoms with E-state index in [0.717, 1.165) is 24.7 Å². The molecule has 2 nitrogen and oxygen atoms in total. The van der Waals surface area contributed by atoms with Crippen molar-refractivity contribution in [1.82, 2.24) is 0 Å². The van der Waals surface area contributed by atoms with Crippen molar-refractivity contribution in [3.63, 3.8) is 0 Å². The molecule has 0 bridgehead atoms. The Morgan fingerprint density at radius 2 is 1.76 bits per heavy atom. The Morgan fingerprint density at radius 1 is 1.06 bits per heavy atom. The zero-order valence-corrected chi connectivity index (χ0v) is 10.6. The number of aryl methyl sites for hydroxylation is 1. The second kappa shape index (κ2) is 7.88. The molecule has 0 amide bonds. The Balaban J connectivity index is 2.31. The fourth-order valence-electron chi connectivity index (χ4n) is 2.02. The van der Waals surface area contributed by atoms with Crippen LogP contribution in [-0.4, -0.2) is 11.4 Å². The molecule has 0 aliphatic rings. The van der Waals surface area contributed by atoms with Crippen molar-refractivity contribution in [3.8, 4) is 5.75 Å². The Labute approximate surface area is 104 Å². The number of phenolic OH excluding ortho intramolecular Hbond substituents is 1. The first-order valence-electron chi connectivity index (χ1n) is 6.54. The van der Waals surface area contributed by atoms with Crippen LogP contribution in [0.1, 0.15) is 61.4 Å². The van der Waals surface area contributed by atoms with Crippen molar-refractivity contribution in [1.29, 1.82) is 0 Å². The number of phenols is 1. The smallest absolute Gasteiger partial charge is 0.150 e. The SMILES string of the molecule is CCCCCCCCc1cc(O)cc(C=O)c1. The van der Waals surface area contributed by atoms with Crippen molar-refractivity contribution in [2.24, 2.45) is 0 Å². The maximum atomic E-state index is 10.6. The van der Waals surface area contributed by atoms with Crippen molar-refractivity contribution in [2.45, 2.75) is 51.9 Å². The molecule has 0 atom stereocenters. The van der Waals surface area contributed by atoms with Crippen molar-refractivity contribution in [3.05, 3.63) is 29.3 Å². The molecular formula is C15H22O2. The number of carbonyl (C=O) groups is 1. The second-order valence-corrected chi connectivity index (χ2v) is 4.57. The third kappa shape index (κ3) is 5.53. The molecule has 0 saturated heterocycles. The highest BCUT2D eigenvalue weighted by molar-refractivity contribution is 5.75. The van der Waals surface area contributed by atoms with Crippen molar-refractivity contribution >= 4 is 6.29 Å². The van der Waals surface area contributed by atoms with Crippen LogP contribution in [-0.2, 0) is 6.42 Å². The average molecular weight is 234 g/mol. The maximum Gasteiger partial charge on any atom is 0.150 e. The second-order valence-electron chi connectivity index (χ2n) is 4.57. The van der Waals surface area contributed by atoms with Gasteiger partial charge in [-0.1, -0.05) is 39.0 Å². The summed E-state index contributed by atoms with van der Waals surface area (Å²) < 4.78 is 0. The molecule has 0 unspecified atom stereocenters. The predicted molar refractivity (Wildman–Crippen MR) is 70.6 cm³/mol. The summed E-state index contributed by atoms with van der Waals surface area (Å²) in [5.74, 6) is 0.190. The number of benzene rings is 1. The molecule has 17 heavy (non-hydrogen) atoms. The summed E-state index contributed by atoms with van der Waals surface area (Å²) in [4.78, 5) is 10.6. The molecule has 1 N–H and O–H groups in total. The van der Waals surface area contributed by atoms with Crippen molar-refractivity contribution < 1.29 is 9.90 Å². The lowest BCUT2D eigenvalue weighted by Crippen LogP contribution is -1.89. The van der Waals surface area contributed by atoms with Gasteiger partial charge < -0.3 is 5.11 Å². The van der Waals surface area contributed by atoms with E-state index in [9.17, 15) is 9.90 Å². The first-order chi connectivity index (χ1) is 8.26. The van der Waals surface area contributed by atoms with Gasteiger partial charge in [0.25, 0.3) is 0 Å². The third-order valence-electron chi connectivity index (χ3n) is 2.95. The van der Waals surface area contributed by atoms with Gasteiger partial charge in [0.2, 0.25) is 0 Å². The number of hydrogen-bond acceptors (Lipinski definition) is 2. The standard InChI is InChI=1S/C15H22O2/c1-2-3-4-5-6-7-8-13-9-14(12-16)11-15(17)10-13/h9-12,17H,2-8H2,1H3. The van der Waals surface area contributed by atoms with Crippen LogP contribution in [0.5, 0.6) is 5.75 Å². The summed E-state index contributed by atoms with van der Waals surface area (Å²) in [7, 11) is 0. The first-order valence-corrected chi connectivity index (χ1v) is 6.54. The van der Waals surface area contributed by atoms with E-state index in [1.165, 1.54) is 38.2 Å². The minimum Gasteiger partial charge on any atom is -0.508 e. The molecule has 0 saturated carbocycles. The molecule has 0 radical (unpaired) electrons. The summed E-state index contributed by atoms with van der Waals surface area (Å²) in [5.41, 5.74) is 1.62. The van der Waals surface area contributed by atoms with E-state index in [1.54, 1.807) is 6.07 Å². The van der Waals surface area contributed by atoms with Gasteiger partial charge in [0, 0.05) is 5.56 Å². The number of aldehydes is 1. The summed E-state index contributed by atoms with van der Waals surface area (Å²) in [5, 5.41) is 9.44. The van der Waals surface area contributed by atoms with Crippen LogP contribution >= 0.6 is 0 Å². The van der Waals surface area contributed by atoms with Gasteiger partial charge in [0.1, 0.15) is 12.0 Å². The average Bonchev–Trinajstić information content (AvgIpc) is 2.33. The van der Waals surface area contributed by atoms with E-state index in [4.69, 9.17) is 0 Å². The Kier molecular flexibility index (Phi) is 6.38. The molecule has 0 aliphatic carbocycles. The Bertz CT molecular complexity index is 345.